The number of aromatic nitrogens is 1. The molecule has 2 amide bonds. The summed E-state index contributed by atoms with van der Waals surface area (Å²) < 4.78 is 0. The molecule has 0 saturated carbocycles. The summed E-state index contributed by atoms with van der Waals surface area (Å²) in [5.74, 6) is -0.951. The number of hydrazine groups is 1. The number of carbonyl (C=O) groups is 2. The van der Waals surface area contributed by atoms with Crippen LogP contribution in [0.15, 0.2) is 60.7 Å². The van der Waals surface area contributed by atoms with Crippen LogP contribution in [0.1, 0.15) is 20.8 Å². The number of para-hydroxylation sites is 1. The number of benzene rings is 2. The van der Waals surface area contributed by atoms with Crippen molar-refractivity contribution in [2.75, 3.05) is 0 Å². The molecule has 2 aromatic carbocycles. The first-order valence-electron chi connectivity index (χ1n) is 6.85. The SMILES string of the molecule is O=C(NNC(=O)c1ccc2ccccc2n1)c1cccc(Cl)c1. The molecule has 0 saturated heterocycles. The zero-order valence-electron chi connectivity index (χ0n) is 11.9. The van der Waals surface area contributed by atoms with Gasteiger partial charge in [-0.1, -0.05) is 41.9 Å². The third kappa shape index (κ3) is 3.46. The van der Waals surface area contributed by atoms with Gasteiger partial charge in [0.25, 0.3) is 11.8 Å². The molecule has 6 heteroatoms. The van der Waals surface area contributed by atoms with E-state index in [0.29, 0.717) is 16.1 Å². The standard InChI is InChI=1S/C17H12ClN3O2/c18-13-6-3-5-12(10-13)16(22)20-21-17(23)15-9-8-11-4-1-2-7-14(11)19-15/h1-10H,(H,20,22)(H,21,23). The van der Waals surface area contributed by atoms with Crippen LogP contribution in [0.4, 0.5) is 0 Å². The molecule has 0 unspecified atom stereocenters. The Bertz CT molecular complexity index is 896. The zero-order valence-corrected chi connectivity index (χ0v) is 12.7. The summed E-state index contributed by atoms with van der Waals surface area (Å²) in [6.45, 7) is 0. The van der Waals surface area contributed by atoms with Crippen LogP contribution in [-0.4, -0.2) is 16.8 Å². The van der Waals surface area contributed by atoms with Crippen LogP contribution in [-0.2, 0) is 0 Å². The second-order valence-corrected chi connectivity index (χ2v) is 5.24. The fourth-order valence-corrected chi connectivity index (χ4v) is 2.26. The monoisotopic (exact) mass is 325 g/mol. The first-order valence-corrected chi connectivity index (χ1v) is 7.23. The minimum Gasteiger partial charge on any atom is -0.267 e. The Kier molecular flexibility index (Phi) is 4.21. The van der Waals surface area contributed by atoms with Gasteiger partial charge in [0, 0.05) is 16.0 Å². The van der Waals surface area contributed by atoms with Crippen molar-refractivity contribution in [3.8, 4) is 0 Å². The van der Waals surface area contributed by atoms with Gasteiger partial charge in [0.15, 0.2) is 0 Å². The third-order valence-electron chi connectivity index (χ3n) is 3.21. The van der Waals surface area contributed by atoms with Crippen molar-refractivity contribution < 1.29 is 9.59 Å². The minimum absolute atomic E-state index is 0.218. The molecule has 0 fully saturated rings. The van der Waals surface area contributed by atoms with E-state index in [1.807, 2.05) is 24.3 Å². The highest BCUT2D eigenvalue weighted by Gasteiger charge is 2.11. The second-order valence-electron chi connectivity index (χ2n) is 4.81. The molecule has 0 atom stereocenters. The van der Waals surface area contributed by atoms with Crippen molar-refractivity contribution in [2.45, 2.75) is 0 Å². The molecule has 0 aliphatic heterocycles. The summed E-state index contributed by atoms with van der Waals surface area (Å²) >= 11 is 5.83. The Morgan fingerprint density at radius 2 is 1.65 bits per heavy atom. The smallest absolute Gasteiger partial charge is 0.267 e. The summed E-state index contributed by atoms with van der Waals surface area (Å²) in [4.78, 5) is 28.3. The van der Waals surface area contributed by atoms with Crippen LogP contribution < -0.4 is 10.9 Å². The van der Waals surface area contributed by atoms with Gasteiger partial charge in [-0.25, -0.2) is 4.98 Å². The summed E-state index contributed by atoms with van der Waals surface area (Å²) in [5.41, 5.74) is 5.95. The molecule has 0 aliphatic rings. The van der Waals surface area contributed by atoms with Crippen molar-refractivity contribution in [1.29, 1.82) is 0 Å². The second kappa shape index (κ2) is 6.46. The van der Waals surface area contributed by atoms with Crippen LogP contribution in [0.3, 0.4) is 0 Å². The molecule has 1 aromatic heterocycles. The Morgan fingerprint density at radius 3 is 2.48 bits per heavy atom. The van der Waals surface area contributed by atoms with Gasteiger partial charge in [0.1, 0.15) is 5.69 Å². The Morgan fingerprint density at radius 1 is 0.870 bits per heavy atom. The molecule has 3 aromatic rings. The first-order chi connectivity index (χ1) is 11.1. The number of fused-ring (bicyclic) bond motifs is 1. The van der Waals surface area contributed by atoms with E-state index in [0.717, 1.165) is 5.39 Å². The number of hydrogen-bond acceptors (Lipinski definition) is 3. The van der Waals surface area contributed by atoms with Gasteiger partial charge in [-0.15, -0.1) is 0 Å². The van der Waals surface area contributed by atoms with E-state index < -0.39 is 11.8 Å². The average Bonchev–Trinajstić information content (AvgIpc) is 2.59. The number of halogens is 1. The Balaban J connectivity index is 1.69. The predicted molar refractivity (Wildman–Crippen MR) is 88.1 cm³/mol. The Labute approximate surface area is 137 Å². The third-order valence-corrected chi connectivity index (χ3v) is 3.44. The number of nitrogens with one attached hydrogen (secondary N) is 2. The summed E-state index contributed by atoms with van der Waals surface area (Å²) in [6.07, 6.45) is 0. The van der Waals surface area contributed by atoms with Gasteiger partial charge < -0.3 is 0 Å². The van der Waals surface area contributed by atoms with Gasteiger partial charge in [-0.3, -0.25) is 20.4 Å². The van der Waals surface area contributed by atoms with Crippen molar-refractivity contribution >= 4 is 34.3 Å². The molecule has 0 spiro atoms. The maximum Gasteiger partial charge on any atom is 0.288 e. The van der Waals surface area contributed by atoms with E-state index in [4.69, 9.17) is 11.6 Å². The maximum atomic E-state index is 12.1. The van der Waals surface area contributed by atoms with Crippen molar-refractivity contribution in [3.05, 3.63) is 76.9 Å². The zero-order chi connectivity index (χ0) is 16.2. The van der Waals surface area contributed by atoms with Crippen LogP contribution in [0.25, 0.3) is 10.9 Å². The Hall–Kier alpha value is -2.92. The minimum atomic E-state index is -0.494. The molecule has 2 N–H and O–H groups in total. The molecule has 5 nitrogen and oxygen atoms in total. The van der Waals surface area contributed by atoms with Gasteiger partial charge in [0.05, 0.1) is 5.52 Å². The van der Waals surface area contributed by atoms with Crippen LogP contribution in [0.5, 0.6) is 0 Å². The largest absolute Gasteiger partial charge is 0.288 e. The van der Waals surface area contributed by atoms with Crippen LogP contribution >= 0.6 is 11.6 Å². The molecular formula is C17H12ClN3O2. The topological polar surface area (TPSA) is 71.1 Å². The van der Waals surface area contributed by atoms with Gasteiger partial charge in [-0.05, 0) is 30.3 Å². The van der Waals surface area contributed by atoms with Crippen LogP contribution in [0, 0.1) is 0 Å². The highest BCUT2D eigenvalue weighted by molar-refractivity contribution is 6.30. The van der Waals surface area contributed by atoms with E-state index in [1.165, 1.54) is 6.07 Å². The molecule has 3 rings (SSSR count). The highest BCUT2D eigenvalue weighted by Crippen LogP contribution is 2.12. The summed E-state index contributed by atoms with van der Waals surface area (Å²) in [7, 11) is 0. The number of amides is 2. The lowest BCUT2D eigenvalue weighted by Gasteiger charge is -2.07. The molecular weight excluding hydrogens is 314 g/mol. The van der Waals surface area contributed by atoms with Gasteiger partial charge >= 0.3 is 0 Å². The summed E-state index contributed by atoms with van der Waals surface area (Å²) in [6, 6.07) is 17.3. The molecule has 1 heterocycles. The summed E-state index contributed by atoms with van der Waals surface area (Å²) in [5, 5.41) is 1.38. The average molecular weight is 326 g/mol. The van der Waals surface area contributed by atoms with Gasteiger partial charge in [-0.2, -0.15) is 0 Å². The van der Waals surface area contributed by atoms with Crippen LogP contribution in [0.2, 0.25) is 5.02 Å². The maximum absolute atomic E-state index is 12.1. The lowest BCUT2D eigenvalue weighted by Crippen LogP contribution is -2.41. The van der Waals surface area contributed by atoms with Gasteiger partial charge in [0.2, 0.25) is 0 Å². The van der Waals surface area contributed by atoms with E-state index in [2.05, 4.69) is 15.8 Å². The predicted octanol–water partition coefficient (Wildman–Crippen LogP) is 2.96. The van der Waals surface area contributed by atoms with Crippen molar-refractivity contribution in [1.82, 2.24) is 15.8 Å². The number of nitrogens with zero attached hydrogens (tertiary/aromatic N) is 1. The number of rotatable bonds is 2. The van der Waals surface area contributed by atoms with E-state index in [-0.39, 0.29) is 5.69 Å². The van der Waals surface area contributed by atoms with Crippen molar-refractivity contribution in [2.24, 2.45) is 0 Å². The van der Waals surface area contributed by atoms with E-state index >= 15 is 0 Å². The lowest BCUT2D eigenvalue weighted by atomic mass is 10.2. The van der Waals surface area contributed by atoms with E-state index in [9.17, 15) is 9.59 Å². The molecule has 114 valence electrons. The fourth-order valence-electron chi connectivity index (χ4n) is 2.07. The lowest BCUT2D eigenvalue weighted by molar-refractivity contribution is 0.0844. The number of pyridine rings is 1. The number of hydrogen-bond donors (Lipinski definition) is 2. The molecule has 0 bridgehead atoms. The molecule has 0 radical (unpaired) electrons. The first kappa shape index (κ1) is 15.0. The van der Waals surface area contributed by atoms with Crippen molar-refractivity contribution in [3.63, 3.8) is 0 Å². The number of carbonyl (C=O) groups excluding carboxylic acids is 2. The molecule has 0 aliphatic carbocycles. The fraction of sp³-hybridized carbons (Fsp3) is 0. The molecule has 23 heavy (non-hydrogen) atoms. The van der Waals surface area contributed by atoms with E-state index in [1.54, 1.807) is 30.3 Å². The highest BCUT2D eigenvalue weighted by atomic mass is 35.5. The quantitative estimate of drug-likeness (QED) is 0.712. The normalized spacial score (nSPS) is 10.3.